The Morgan fingerprint density at radius 2 is 1.90 bits per heavy atom. The Labute approximate surface area is 179 Å². The normalized spacial score (nSPS) is 14.0. The van der Waals surface area contributed by atoms with Crippen LogP contribution in [0.1, 0.15) is 21.5 Å². The fourth-order valence-electron chi connectivity index (χ4n) is 3.06. The summed E-state index contributed by atoms with van der Waals surface area (Å²) in [4.78, 5) is 26.5. The van der Waals surface area contributed by atoms with Gasteiger partial charge in [-0.3, -0.25) is 9.59 Å². The van der Waals surface area contributed by atoms with Crippen molar-refractivity contribution in [3.8, 4) is 5.75 Å². The molecule has 0 aliphatic carbocycles. The minimum absolute atomic E-state index is 0.182. The summed E-state index contributed by atoms with van der Waals surface area (Å²) >= 11 is 1.38. The van der Waals surface area contributed by atoms with Crippen molar-refractivity contribution in [2.45, 2.75) is 11.4 Å². The predicted molar refractivity (Wildman–Crippen MR) is 120 cm³/mol. The lowest BCUT2D eigenvalue weighted by Gasteiger charge is -2.19. The summed E-state index contributed by atoms with van der Waals surface area (Å²) < 4.78 is 5.24. The predicted octanol–water partition coefficient (Wildman–Crippen LogP) is 4.71. The van der Waals surface area contributed by atoms with Crippen LogP contribution >= 0.6 is 11.8 Å². The third-order valence-corrected chi connectivity index (χ3v) is 5.72. The van der Waals surface area contributed by atoms with E-state index in [9.17, 15) is 9.59 Å². The van der Waals surface area contributed by atoms with E-state index in [1.54, 1.807) is 19.2 Å². The fourth-order valence-corrected chi connectivity index (χ4v) is 4.00. The van der Waals surface area contributed by atoms with E-state index in [-0.39, 0.29) is 11.8 Å². The minimum atomic E-state index is -0.197. The number of amides is 2. The zero-order valence-electron chi connectivity index (χ0n) is 16.3. The maximum Gasteiger partial charge on any atom is 0.262 e. The van der Waals surface area contributed by atoms with Crippen LogP contribution in [0.4, 0.5) is 5.69 Å². The number of ether oxygens (including phenoxy) is 1. The molecule has 1 aliphatic heterocycles. The van der Waals surface area contributed by atoms with Crippen molar-refractivity contribution >= 4 is 35.3 Å². The fraction of sp³-hybridized carbons (Fsp3) is 0.0833. The molecule has 0 saturated carbocycles. The average Bonchev–Trinajstić information content (AvgIpc) is 2.78. The molecule has 6 heteroatoms. The van der Waals surface area contributed by atoms with E-state index < -0.39 is 0 Å². The first-order valence-electron chi connectivity index (χ1n) is 9.43. The Morgan fingerprint density at radius 1 is 1.07 bits per heavy atom. The molecule has 4 rings (SSSR count). The van der Waals surface area contributed by atoms with Gasteiger partial charge in [0.05, 0.1) is 17.7 Å². The molecule has 0 saturated heterocycles. The van der Waals surface area contributed by atoms with Crippen molar-refractivity contribution < 1.29 is 14.3 Å². The molecular formula is C24H20N2O3S. The molecule has 2 N–H and O–H groups in total. The number of carbonyl (C=O) groups excluding carboxylic acids is 2. The molecule has 150 valence electrons. The number of hydrogen-bond donors (Lipinski definition) is 2. The SMILES string of the molecule is COc1cccc(C=C2Sc3ccc(C(=O)NCc4ccccc4)cc3NC2=O)c1. The molecular weight excluding hydrogens is 396 g/mol. The molecule has 1 aliphatic rings. The van der Waals surface area contributed by atoms with Gasteiger partial charge in [0.1, 0.15) is 5.75 Å². The van der Waals surface area contributed by atoms with Crippen molar-refractivity contribution in [1.82, 2.24) is 5.32 Å². The van der Waals surface area contributed by atoms with Gasteiger partial charge in [0, 0.05) is 17.0 Å². The first-order valence-corrected chi connectivity index (χ1v) is 10.2. The van der Waals surface area contributed by atoms with Crippen LogP contribution in [0.3, 0.4) is 0 Å². The van der Waals surface area contributed by atoms with E-state index >= 15 is 0 Å². The van der Waals surface area contributed by atoms with Gasteiger partial charge in [-0.05, 0) is 47.5 Å². The summed E-state index contributed by atoms with van der Waals surface area (Å²) in [7, 11) is 1.61. The van der Waals surface area contributed by atoms with Gasteiger partial charge in [0.2, 0.25) is 0 Å². The Bertz CT molecular complexity index is 1130. The van der Waals surface area contributed by atoms with Crippen LogP contribution in [-0.4, -0.2) is 18.9 Å². The highest BCUT2D eigenvalue weighted by Gasteiger charge is 2.22. The Kier molecular flexibility index (Phi) is 5.86. The number of benzene rings is 3. The van der Waals surface area contributed by atoms with Crippen LogP contribution in [0.25, 0.3) is 6.08 Å². The Morgan fingerprint density at radius 3 is 2.70 bits per heavy atom. The van der Waals surface area contributed by atoms with Gasteiger partial charge in [0.15, 0.2) is 0 Å². The lowest BCUT2D eigenvalue weighted by Crippen LogP contribution is -2.23. The summed E-state index contributed by atoms with van der Waals surface area (Å²) in [5.41, 5.74) is 3.05. The number of rotatable bonds is 5. The maximum atomic E-state index is 12.6. The lowest BCUT2D eigenvalue weighted by atomic mass is 10.1. The number of thioether (sulfide) groups is 1. The average molecular weight is 417 g/mol. The van der Waals surface area contributed by atoms with Crippen molar-refractivity contribution in [2.75, 3.05) is 12.4 Å². The third kappa shape index (κ3) is 4.55. The molecule has 0 bridgehead atoms. The van der Waals surface area contributed by atoms with Gasteiger partial charge < -0.3 is 15.4 Å². The number of hydrogen-bond acceptors (Lipinski definition) is 4. The summed E-state index contributed by atoms with van der Waals surface area (Å²) in [6, 6.07) is 22.6. The zero-order valence-corrected chi connectivity index (χ0v) is 17.2. The monoisotopic (exact) mass is 416 g/mol. The van der Waals surface area contributed by atoms with Crippen molar-refractivity contribution in [1.29, 1.82) is 0 Å². The summed E-state index contributed by atoms with van der Waals surface area (Å²) in [6.45, 7) is 0.450. The van der Waals surface area contributed by atoms with Gasteiger partial charge in [-0.1, -0.05) is 54.2 Å². The number of carbonyl (C=O) groups is 2. The van der Waals surface area contributed by atoms with E-state index in [1.165, 1.54) is 11.8 Å². The molecule has 30 heavy (non-hydrogen) atoms. The topological polar surface area (TPSA) is 67.4 Å². The van der Waals surface area contributed by atoms with Crippen molar-refractivity contribution in [3.63, 3.8) is 0 Å². The molecule has 3 aromatic carbocycles. The highest BCUT2D eigenvalue weighted by atomic mass is 32.2. The van der Waals surface area contributed by atoms with Crippen molar-refractivity contribution in [2.24, 2.45) is 0 Å². The van der Waals surface area contributed by atoms with Crippen LogP contribution in [0, 0.1) is 0 Å². The first kappa shape index (κ1) is 19.8. The van der Waals surface area contributed by atoms with Crippen molar-refractivity contribution in [3.05, 3.63) is 94.4 Å². The molecule has 2 amide bonds. The molecule has 0 fully saturated rings. The van der Waals surface area contributed by atoms with Crippen LogP contribution in [0.5, 0.6) is 5.75 Å². The second-order valence-corrected chi connectivity index (χ2v) is 7.80. The van der Waals surface area contributed by atoms with E-state index in [2.05, 4.69) is 10.6 Å². The molecule has 5 nitrogen and oxygen atoms in total. The second kappa shape index (κ2) is 8.88. The first-order chi connectivity index (χ1) is 14.6. The maximum absolute atomic E-state index is 12.6. The minimum Gasteiger partial charge on any atom is -0.497 e. The Balaban J connectivity index is 1.49. The second-order valence-electron chi connectivity index (χ2n) is 6.72. The van der Waals surface area contributed by atoms with Gasteiger partial charge in [0.25, 0.3) is 11.8 Å². The van der Waals surface area contributed by atoms with E-state index in [0.717, 1.165) is 21.8 Å². The molecule has 0 spiro atoms. The van der Waals surface area contributed by atoms with Gasteiger partial charge in [-0.25, -0.2) is 0 Å². The summed E-state index contributed by atoms with van der Waals surface area (Å²) in [6.07, 6.45) is 1.83. The number of nitrogens with one attached hydrogen (secondary N) is 2. The van der Waals surface area contributed by atoms with Crippen LogP contribution in [-0.2, 0) is 11.3 Å². The number of anilines is 1. The molecule has 0 atom stereocenters. The lowest BCUT2D eigenvalue weighted by molar-refractivity contribution is -0.112. The number of fused-ring (bicyclic) bond motifs is 1. The van der Waals surface area contributed by atoms with Gasteiger partial charge >= 0.3 is 0 Å². The van der Waals surface area contributed by atoms with Crippen LogP contribution in [0.15, 0.2) is 82.6 Å². The van der Waals surface area contributed by atoms with Crippen LogP contribution < -0.4 is 15.4 Å². The highest BCUT2D eigenvalue weighted by Crippen LogP contribution is 2.39. The Hall–Kier alpha value is -3.51. The summed E-state index contributed by atoms with van der Waals surface area (Å²) in [5.74, 6) is 0.355. The van der Waals surface area contributed by atoms with Gasteiger partial charge in [-0.2, -0.15) is 0 Å². The quantitative estimate of drug-likeness (QED) is 0.591. The molecule has 0 radical (unpaired) electrons. The summed E-state index contributed by atoms with van der Waals surface area (Å²) in [5, 5.41) is 5.79. The van der Waals surface area contributed by atoms with E-state index in [4.69, 9.17) is 4.74 Å². The third-order valence-electron chi connectivity index (χ3n) is 4.62. The smallest absolute Gasteiger partial charge is 0.262 e. The highest BCUT2D eigenvalue weighted by molar-refractivity contribution is 8.04. The zero-order chi connectivity index (χ0) is 20.9. The molecule has 0 aromatic heterocycles. The van der Waals surface area contributed by atoms with E-state index in [0.29, 0.717) is 22.7 Å². The largest absolute Gasteiger partial charge is 0.497 e. The molecule has 1 heterocycles. The molecule has 0 unspecified atom stereocenters. The van der Waals surface area contributed by atoms with Crippen LogP contribution in [0.2, 0.25) is 0 Å². The standard InChI is InChI=1S/C24H20N2O3S/c1-29-19-9-5-8-17(12-19)13-22-24(28)26-20-14-18(10-11-21(20)30-22)23(27)25-15-16-6-3-2-4-7-16/h2-14H,15H2,1H3,(H,25,27)(H,26,28). The number of methoxy groups -OCH3 is 1. The van der Waals surface area contributed by atoms with E-state index in [1.807, 2.05) is 66.7 Å². The van der Waals surface area contributed by atoms with Gasteiger partial charge in [-0.15, -0.1) is 0 Å². The molecule has 3 aromatic rings.